The van der Waals surface area contributed by atoms with Crippen LogP contribution in [-0.4, -0.2) is 15.7 Å². The van der Waals surface area contributed by atoms with Crippen LogP contribution < -0.4 is 5.73 Å². The summed E-state index contributed by atoms with van der Waals surface area (Å²) in [5.41, 5.74) is 7.98. The number of aromatic nitrogens is 2. The Morgan fingerprint density at radius 3 is 2.64 bits per heavy atom. The third kappa shape index (κ3) is 2.02. The van der Waals surface area contributed by atoms with Crippen LogP contribution in [0.2, 0.25) is 0 Å². The molecule has 4 heteroatoms. The lowest BCUT2D eigenvalue weighted by molar-refractivity contribution is -0.113. The molecule has 0 unspecified atom stereocenters. The molecule has 1 aromatic heterocycles. The Morgan fingerprint density at radius 1 is 1.57 bits per heavy atom. The number of aryl methyl sites for hydroxylation is 2. The highest BCUT2D eigenvalue weighted by Gasteiger charge is 2.07. The number of primary amides is 1. The summed E-state index contributed by atoms with van der Waals surface area (Å²) >= 11 is 0. The van der Waals surface area contributed by atoms with E-state index >= 15 is 0 Å². The molecular weight excluding hydrogens is 178 g/mol. The second kappa shape index (κ2) is 4.09. The van der Waals surface area contributed by atoms with Crippen molar-refractivity contribution < 1.29 is 4.79 Å². The Bertz CT molecular complexity index is 377. The maximum Gasteiger partial charge on any atom is 0.241 e. The van der Waals surface area contributed by atoms with Gasteiger partial charge >= 0.3 is 0 Å². The van der Waals surface area contributed by atoms with Crippen molar-refractivity contribution >= 4 is 12.0 Å². The first-order chi connectivity index (χ1) is 6.56. The number of carbonyl (C=O) groups is 1. The molecule has 0 saturated heterocycles. The third-order valence-corrected chi connectivity index (χ3v) is 2.15. The van der Waals surface area contributed by atoms with Gasteiger partial charge in [-0.15, -0.1) is 0 Å². The summed E-state index contributed by atoms with van der Waals surface area (Å²) in [6, 6.07) is 0. The van der Waals surface area contributed by atoms with Crippen LogP contribution in [0, 0.1) is 13.8 Å². The average Bonchev–Trinajstić information content (AvgIpc) is 2.39. The predicted molar refractivity (Wildman–Crippen MR) is 55.6 cm³/mol. The van der Waals surface area contributed by atoms with Crippen LogP contribution >= 0.6 is 0 Å². The minimum Gasteiger partial charge on any atom is -0.366 e. The summed E-state index contributed by atoms with van der Waals surface area (Å²) in [6.07, 6.45) is 3.07. The van der Waals surface area contributed by atoms with Crippen molar-refractivity contribution in [2.24, 2.45) is 5.73 Å². The fourth-order valence-electron chi connectivity index (χ4n) is 1.43. The first-order valence-electron chi connectivity index (χ1n) is 4.57. The van der Waals surface area contributed by atoms with E-state index in [2.05, 4.69) is 5.10 Å². The second-order valence-corrected chi connectivity index (χ2v) is 3.14. The largest absolute Gasteiger partial charge is 0.366 e. The molecule has 4 nitrogen and oxygen atoms in total. The first kappa shape index (κ1) is 10.5. The van der Waals surface area contributed by atoms with Gasteiger partial charge in [-0.1, -0.05) is 0 Å². The van der Waals surface area contributed by atoms with Crippen molar-refractivity contribution in [3.63, 3.8) is 0 Å². The molecule has 0 saturated carbocycles. The second-order valence-electron chi connectivity index (χ2n) is 3.14. The molecule has 1 heterocycles. The molecule has 0 aliphatic heterocycles. The highest BCUT2D eigenvalue weighted by molar-refractivity contribution is 5.90. The van der Waals surface area contributed by atoms with E-state index in [4.69, 9.17) is 5.73 Å². The van der Waals surface area contributed by atoms with Gasteiger partial charge < -0.3 is 5.73 Å². The molecule has 1 amide bonds. The summed E-state index contributed by atoms with van der Waals surface area (Å²) in [7, 11) is 0. The molecule has 0 atom stereocenters. The van der Waals surface area contributed by atoms with Crippen molar-refractivity contribution in [2.75, 3.05) is 0 Å². The van der Waals surface area contributed by atoms with Crippen molar-refractivity contribution in [3.05, 3.63) is 23.0 Å². The summed E-state index contributed by atoms with van der Waals surface area (Å²) in [4.78, 5) is 10.6. The maximum atomic E-state index is 10.6. The monoisotopic (exact) mass is 193 g/mol. The van der Waals surface area contributed by atoms with E-state index in [1.807, 2.05) is 25.5 Å². The quantitative estimate of drug-likeness (QED) is 0.728. The standard InChI is InChI=1S/C10H15N3O/c1-4-13-8(3)9(7(2)12-13)5-6-10(11)14/h5-6H,4H2,1-3H3,(H2,11,14)/b6-5+. The molecular formula is C10H15N3O. The number of carbonyl (C=O) groups excluding carboxylic acids is 1. The first-order valence-corrected chi connectivity index (χ1v) is 4.57. The lowest BCUT2D eigenvalue weighted by Gasteiger charge is -1.97. The van der Waals surface area contributed by atoms with Crippen LogP contribution in [0.25, 0.3) is 6.08 Å². The van der Waals surface area contributed by atoms with Gasteiger partial charge in [0.05, 0.1) is 5.69 Å². The van der Waals surface area contributed by atoms with Gasteiger partial charge in [-0.25, -0.2) is 0 Å². The van der Waals surface area contributed by atoms with Gasteiger partial charge in [0.1, 0.15) is 0 Å². The number of nitrogens with zero attached hydrogens (tertiary/aromatic N) is 2. The van der Waals surface area contributed by atoms with E-state index in [1.165, 1.54) is 6.08 Å². The zero-order valence-electron chi connectivity index (χ0n) is 8.74. The maximum absolute atomic E-state index is 10.6. The van der Waals surface area contributed by atoms with E-state index in [0.717, 1.165) is 23.5 Å². The van der Waals surface area contributed by atoms with Gasteiger partial charge in [-0.3, -0.25) is 9.48 Å². The number of hydrogen-bond acceptors (Lipinski definition) is 2. The molecule has 1 rings (SSSR count). The van der Waals surface area contributed by atoms with Gasteiger partial charge in [0.15, 0.2) is 0 Å². The topological polar surface area (TPSA) is 60.9 Å². The highest BCUT2D eigenvalue weighted by Crippen LogP contribution is 2.14. The molecule has 14 heavy (non-hydrogen) atoms. The van der Waals surface area contributed by atoms with E-state index in [9.17, 15) is 4.79 Å². The van der Waals surface area contributed by atoms with Crippen LogP contribution in [0.3, 0.4) is 0 Å². The van der Waals surface area contributed by atoms with Crippen molar-refractivity contribution in [1.82, 2.24) is 9.78 Å². The predicted octanol–water partition coefficient (Wildman–Crippen LogP) is 1.02. The Hall–Kier alpha value is -1.58. The highest BCUT2D eigenvalue weighted by atomic mass is 16.1. The molecule has 1 aromatic rings. The molecule has 0 spiro atoms. The number of rotatable bonds is 3. The molecule has 76 valence electrons. The summed E-state index contributed by atoms with van der Waals surface area (Å²) < 4.78 is 1.90. The van der Waals surface area contributed by atoms with Crippen molar-refractivity contribution in [2.45, 2.75) is 27.3 Å². The lowest BCUT2D eigenvalue weighted by atomic mass is 10.2. The van der Waals surface area contributed by atoms with E-state index < -0.39 is 5.91 Å². The molecule has 2 N–H and O–H groups in total. The fraction of sp³-hybridized carbons (Fsp3) is 0.400. The lowest BCUT2D eigenvalue weighted by Crippen LogP contribution is -2.05. The van der Waals surface area contributed by atoms with Crippen LogP contribution in [0.15, 0.2) is 6.08 Å². The molecule has 0 aromatic carbocycles. The number of nitrogens with two attached hydrogens (primary N) is 1. The van der Waals surface area contributed by atoms with Gasteiger partial charge in [0.25, 0.3) is 0 Å². The van der Waals surface area contributed by atoms with Gasteiger partial charge in [-0.2, -0.15) is 5.10 Å². The smallest absolute Gasteiger partial charge is 0.241 e. The van der Waals surface area contributed by atoms with Crippen LogP contribution in [0.4, 0.5) is 0 Å². The number of amides is 1. The van der Waals surface area contributed by atoms with Gasteiger partial charge in [0, 0.05) is 23.9 Å². The van der Waals surface area contributed by atoms with E-state index in [-0.39, 0.29) is 0 Å². The molecule has 0 fully saturated rings. The van der Waals surface area contributed by atoms with Crippen LogP contribution in [0.5, 0.6) is 0 Å². The van der Waals surface area contributed by atoms with E-state index in [1.54, 1.807) is 6.08 Å². The molecule has 0 bridgehead atoms. The number of hydrogen-bond donors (Lipinski definition) is 1. The van der Waals surface area contributed by atoms with Crippen molar-refractivity contribution in [1.29, 1.82) is 0 Å². The van der Waals surface area contributed by atoms with Gasteiger partial charge in [-0.05, 0) is 26.8 Å². The zero-order chi connectivity index (χ0) is 10.7. The van der Waals surface area contributed by atoms with Gasteiger partial charge in [0.2, 0.25) is 5.91 Å². The SMILES string of the molecule is CCn1nc(C)c(/C=C/C(N)=O)c1C. The molecule has 0 radical (unpaired) electrons. The molecule has 0 aliphatic rings. The summed E-state index contributed by atoms with van der Waals surface area (Å²) in [5, 5.41) is 4.32. The fourth-order valence-corrected chi connectivity index (χ4v) is 1.43. The Labute approximate surface area is 83.4 Å². The Kier molecular flexibility index (Phi) is 3.06. The molecule has 0 aliphatic carbocycles. The third-order valence-electron chi connectivity index (χ3n) is 2.15. The average molecular weight is 193 g/mol. The van der Waals surface area contributed by atoms with E-state index in [0.29, 0.717) is 0 Å². The van der Waals surface area contributed by atoms with Crippen molar-refractivity contribution in [3.8, 4) is 0 Å². The summed E-state index contributed by atoms with van der Waals surface area (Å²) in [6.45, 7) is 6.75. The Balaban J connectivity index is 3.08. The Morgan fingerprint density at radius 2 is 2.21 bits per heavy atom. The van der Waals surface area contributed by atoms with Crippen LogP contribution in [-0.2, 0) is 11.3 Å². The normalized spacial score (nSPS) is 11.1. The zero-order valence-corrected chi connectivity index (χ0v) is 8.74. The minimum atomic E-state index is -0.437. The minimum absolute atomic E-state index is 0.437. The summed E-state index contributed by atoms with van der Waals surface area (Å²) in [5.74, 6) is -0.437. The van der Waals surface area contributed by atoms with Crippen LogP contribution in [0.1, 0.15) is 23.9 Å².